The molecule has 40 heavy (non-hydrogen) atoms. The fourth-order valence-corrected chi connectivity index (χ4v) is 7.16. The van der Waals surface area contributed by atoms with Crippen LogP contribution in [0.1, 0.15) is 61.0 Å². The minimum absolute atomic E-state index is 0.0741. The Kier molecular flexibility index (Phi) is 7.31. The molecule has 0 radical (unpaired) electrons. The van der Waals surface area contributed by atoms with Crippen molar-refractivity contribution in [2.45, 2.75) is 56.7 Å². The van der Waals surface area contributed by atoms with Gasteiger partial charge >= 0.3 is 5.69 Å². The monoisotopic (exact) mass is 562 g/mol. The topological polar surface area (TPSA) is 104 Å². The Morgan fingerprint density at radius 3 is 2.40 bits per heavy atom. The van der Waals surface area contributed by atoms with Gasteiger partial charge in [0.25, 0.3) is 11.5 Å². The molecule has 0 atom stereocenters. The fraction of sp³-hybridized carbons (Fsp3) is 0.414. The van der Waals surface area contributed by atoms with Gasteiger partial charge in [-0.25, -0.2) is 14.2 Å². The van der Waals surface area contributed by atoms with E-state index in [2.05, 4.69) is 15.4 Å². The van der Waals surface area contributed by atoms with Crippen LogP contribution in [0.15, 0.2) is 58.4 Å². The summed E-state index contributed by atoms with van der Waals surface area (Å²) < 4.78 is 18.8. The van der Waals surface area contributed by atoms with E-state index in [0.29, 0.717) is 31.2 Å². The molecule has 1 saturated heterocycles. The second kappa shape index (κ2) is 11.0. The molecule has 11 heteroatoms. The smallest absolute Gasteiger partial charge is 0.333 e. The number of halogens is 1. The Labute approximate surface area is 234 Å². The van der Waals surface area contributed by atoms with E-state index >= 15 is 0 Å². The summed E-state index contributed by atoms with van der Waals surface area (Å²) in [6, 6.07) is 10.4. The maximum Gasteiger partial charge on any atom is 0.333 e. The summed E-state index contributed by atoms with van der Waals surface area (Å²) >= 11 is 1.84. The van der Waals surface area contributed by atoms with E-state index in [1.807, 2.05) is 49.1 Å². The number of aryl methyl sites for hydroxylation is 1. The summed E-state index contributed by atoms with van der Waals surface area (Å²) in [7, 11) is 1.81. The molecule has 0 spiro atoms. The van der Waals surface area contributed by atoms with Crippen LogP contribution in [0.4, 0.5) is 4.39 Å². The number of amides is 1. The van der Waals surface area contributed by atoms with Gasteiger partial charge in [-0.05, 0) is 56.1 Å². The first kappa shape index (κ1) is 26.5. The highest BCUT2D eigenvalue weighted by molar-refractivity contribution is 7.99. The maximum atomic E-state index is 14.2. The van der Waals surface area contributed by atoms with E-state index < -0.39 is 11.4 Å². The van der Waals surface area contributed by atoms with Gasteiger partial charge in [0, 0.05) is 30.7 Å². The minimum Gasteiger partial charge on any atom is -0.349 e. The summed E-state index contributed by atoms with van der Waals surface area (Å²) in [4.78, 5) is 44.8. The number of benzene rings is 1. The van der Waals surface area contributed by atoms with Gasteiger partial charge in [0.2, 0.25) is 0 Å². The van der Waals surface area contributed by atoms with Crippen molar-refractivity contribution in [3.05, 3.63) is 81.0 Å². The number of nitrogens with one attached hydrogen (secondary N) is 1. The molecule has 4 heterocycles. The summed E-state index contributed by atoms with van der Waals surface area (Å²) in [5.74, 6) is 1.05. The molecule has 208 valence electrons. The average Bonchev–Trinajstić information content (AvgIpc) is 3.37. The number of aromatic nitrogens is 5. The molecule has 1 amide bonds. The number of rotatable bonds is 5. The highest BCUT2D eigenvalue weighted by Crippen LogP contribution is 2.31. The van der Waals surface area contributed by atoms with Crippen LogP contribution in [0.2, 0.25) is 0 Å². The molecule has 1 N–H and O–H groups in total. The van der Waals surface area contributed by atoms with Crippen LogP contribution in [0.25, 0.3) is 22.3 Å². The highest BCUT2D eigenvalue weighted by atomic mass is 32.2. The van der Waals surface area contributed by atoms with Crippen LogP contribution in [-0.2, 0) is 7.05 Å². The SMILES string of the molecule is Cn1ncc(C(=O)NC2CCC(n3c(=O)c4cc(F)cnc4n(C4CCSCC4)c3=O)CC2)c1-c1ccccc1. The van der Waals surface area contributed by atoms with Gasteiger partial charge < -0.3 is 5.32 Å². The zero-order chi connectivity index (χ0) is 27.8. The number of nitrogens with zero attached hydrogens (tertiary/aromatic N) is 5. The second-order valence-corrected chi connectivity index (χ2v) is 11.8. The number of carbonyl (C=O) groups excluding carboxylic acids is 1. The first-order valence-electron chi connectivity index (χ1n) is 13.7. The van der Waals surface area contributed by atoms with Crippen LogP contribution in [-0.4, -0.2) is 47.4 Å². The molecule has 0 unspecified atom stereocenters. The van der Waals surface area contributed by atoms with Crippen LogP contribution in [0.3, 0.4) is 0 Å². The number of thioether (sulfide) groups is 1. The second-order valence-electron chi connectivity index (χ2n) is 10.6. The molecule has 9 nitrogen and oxygen atoms in total. The van der Waals surface area contributed by atoms with Crippen molar-refractivity contribution in [2.75, 3.05) is 11.5 Å². The predicted molar refractivity (Wildman–Crippen MR) is 153 cm³/mol. The number of hydrogen-bond acceptors (Lipinski definition) is 6. The van der Waals surface area contributed by atoms with Gasteiger partial charge in [-0.15, -0.1) is 0 Å². The summed E-state index contributed by atoms with van der Waals surface area (Å²) in [6.45, 7) is 0. The largest absolute Gasteiger partial charge is 0.349 e. The van der Waals surface area contributed by atoms with Gasteiger partial charge in [-0.3, -0.25) is 23.4 Å². The lowest BCUT2D eigenvalue weighted by Gasteiger charge is -2.31. The molecule has 1 aromatic carbocycles. The van der Waals surface area contributed by atoms with Gasteiger partial charge in [0.15, 0.2) is 0 Å². The quantitative estimate of drug-likeness (QED) is 0.393. The van der Waals surface area contributed by atoms with Crippen LogP contribution in [0, 0.1) is 5.82 Å². The Hall–Kier alpha value is -3.73. The molecule has 2 fully saturated rings. The van der Waals surface area contributed by atoms with Crippen molar-refractivity contribution < 1.29 is 9.18 Å². The first-order chi connectivity index (χ1) is 19.4. The predicted octanol–water partition coefficient (Wildman–Crippen LogP) is 4.08. The molecule has 1 saturated carbocycles. The van der Waals surface area contributed by atoms with Gasteiger partial charge in [-0.2, -0.15) is 16.9 Å². The first-order valence-corrected chi connectivity index (χ1v) is 14.9. The standard InChI is InChI=1S/C29H31FN6O3S/c1-34-25(18-5-3-2-4-6-18)24(17-32-34)27(37)33-20-7-9-21(10-8-20)36-28(38)23-15-19(30)16-31-26(23)35(29(36)39)22-11-13-40-14-12-22/h2-6,15-17,20-22H,7-14H2,1H3,(H,33,37). The molecule has 3 aromatic heterocycles. The van der Waals surface area contributed by atoms with Crippen molar-refractivity contribution >= 4 is 28.7 Å². The zero-order valence-corrected chi connectivity index (χ0v) is 23.1. The van der Waals surface area contributed by atoms with E-state index in [9.17, 15) is 18.8 Å². The number of fused-ring (bicyclic) bond motifs is 1. The van der Waals surface area contributed by atoms with Crippen LogP contribution >= 0.6 is 11.8 Å². The Morgan fingerprint density at radius 1 is 0.975 bits per heavy atom. The van der Waals surface area contributed by atoms with Gasteiger partial charge in [-0.1, -0.05) is 30.3 Å². The summed E-state index contributed by atoms with van der Waals surface area (Å²) in [5.41, 5.74) is 1.55. The van der Waals surface area contributed by atoms with E-state index in [4.69, 9.17) is 0 Å². The molecule has 1 aliphatic heterocycles. The fourth-order valence-electron chi connectivity index (χ4n) is 6.08. The molecule has 2 aliphatic rings. The van der Waals surface area contributed by atoms with Crippen molar-refractivity contribution in [2.24, 2.45) is 7.05 Å². The molecular formula is C29H31FN6O3S. The van der Waals surface area contributed by atoms with E-state index in [1.165, 1.54) is 10.6 Å². The molecule has 6 rings (SSSR count). The van der Waals surface area contributed by atoms with E-state index in [-0.39, 0.29) is 40.8 Å². The number of hydrogen-bond donors (Lipinski definition) is 1. The van der Waals surface area contributed by atoms with Crippen molar-refractivity contribution in [1.82, 2.24) is 29.2 Å². The van der Waals surface area contributed by atoms with Gasteiger partial charge in [0.1, 0.15) is 11.5 Å². The molecular weight excluding hydrogens is 531 g/mol. The Morgan fingerprint density at radius 2 is 1.68 bits per heavy atom. The lowest BCUT2D eigenvalue weighted by Crippen LogP contribution is -2.46. The summed E-state index contributed by atoms with van der Waals surface area (Å²) in [5, 5.41) is 7.58. The summed E-state index contributed by atoms with van der Waals surface area (Å²) in [6.07, 6.45) is 6.58. The van der Waals surface area contributed by atoms with Crippen LogP contribution in [0.5, 0.6) is 0 Å². The lowest BCUT2D eigenvalue weighted by atomic mass is 9.90. The average molecular weight is 563 g/mol. The molecule has 4 aromatic rings. The van der Waals surface area contributed by atoms with Crippen molar-refractivity contribution in [1.29, 1.82) is 0 Å². The van der Waals surface area contributed by atoms with E-state index in [0.717, 1.165) is 41.8 Å². The zero-order valence-electron chi connectivity index (χ0n) is 22.3. The van der Waals surface area contributed by atoms with Crippen LogP contribution < -0.4 is 16.6 Å². The van der Waals surface area contributed by atoms with Crippen molar-refractivity contribution in [3.8, 4) is 11.3 Å². The molecule has 1 aliphatic carbocycles. The van der Waals surface area contributed by atoms with Gasteiger partial charge in [0.05, 0.1) is 29.0 Å². The third kappa shape index (κ3) is 4.87. The highest BCUT2D eigenvalue weighted by Gasteiger charge is 2.30. The number of carbonyl (C=O) groups is 1. The van der Waals surface area contributed by atoms with E-state index in [1.54, 1.807) is 15.4 Å². The third-order valence-corrected chi connectivity index (χ3v) is 9.16. The minimum atomic E-state index is -0.600. The third-order valence-electron chi connectivity index (χ3n) is 8.11. The Bertz CT molecular complexity index is 1670. The number of pyridine rings is 1. The lowest BCUT2D eigenvalue weighted by molar-refractivity contribution is 0.0922. The van der Waals surface area contributed by atoms with Crippen molar-refractivity contribution in [3.63, 3.8) is 0 Å². The Balaban J connectivity index is 1.24. The molecule has 0 bridgehead atoms. The maximum absolute atomic E-state index is 14.2. The normalized spacial score (nSPS) is 20.1.